The van der Waals surface area contributed by atoms with Gasteiger partial charge < -0.3 is 24.8 Å². The quantitative estimate of drug-likeness (QED) is 0.801. The number of hydrogen-bond donors (Lipinski definition) is 1. The van der Waals surface area contributed by atoms with Crippen molar-refractivity contribution >= 4 is 35.1 Å². The number of anilines is 3. The van der Waals surface area contributed by atoms with Gasteiger partial charge in [0.25, 0.3) is 0 Å². The monoisotopic (exact) mass is 430 g/mol. The lowest BCUT2D eigenvalue weighted by Crippen LogP contribution is -2.50. The maximum atomic E-state index is 12.6. The summed E-state index contributed by atoms with van der Waals surface area (Å²) < 4.78 is 5.15. The van der Waals surface area contributed by atoms with Gasteiger partial charge in [0.05, 0.1) is 12.1 Å². The molecule has 0 bridgehead atoms. The number of amides is 2. The van der Waals surface area contributed by atoms with Gasteiger partial charge in [0, 0.05) is 56.7 Å². The molecule has 2 saturated heterocycles. The van der Waals surface area contributed by atoms with E-state index in [0.717, 1.165) is 43.6 Å². The van der Waals surface area contributed by atoms with Crippen molar-refractivity contribution < 1.29 is 9.53 Å². The van der Waals surface area contributed by atoms with Crippen LogP contribution in [0.5, 0.6) is 5.75 Å². The number of hydrogen-bond acceptors (Lipinski definition) is 6. The molecule has 2 aromatic rings. The Labute approximate surface area is 181 Å². The van der Waals surface area contributed by atoms with Gasteiger partial charge in [0.15, 0.2) is 0 Å². The molecule has 9 heteroatoms. The topological polar surface area (TPSA) is 73.8 Å². The molecule has 1 aromatic carbocycles. The van der Waals surface area contributed by atoms with E-state index in [9.17, 15) is 4.79 Å². The van der Waals surface area contributed by atoms with Gasteiger partial charge in [0.2, 0.25) is 5.95 Å². The van der Waals surface area contributed by atoms with E-state index in [1.54, 1.807) is 25.3 Å². The largest absolute Gasteiger partial charge is 0.495 e. The van der Waals surface area contributed by atoms with Crippen molar-refractivity contribution in [1.29, 1.82) is 0 Å². The summed E-state index contributed by atoms with van der Waals surface area (Å²) in [5.41, 5.74) is 1.62. The number of aryl methyl sites for hydroxylation is 1. The van der Waals surface area contributed by atoms with Crippen LogP contribution >= 0.6 is 11.6 Å². The van der Waals surface area contributed by atoms with Crippen molar-refractivity contribution in [1.82, 2.24) is 14.9 Å². The molecule has 0 atom stereocenters. The van der Waals surface area contributed by atoms with E-state index in [2.05, 4.69) is 20.1 Å². The summed E-state index contributed by atoms with van der Waals surface area (Å²) >= 11 is 6.15. The number of ether oxygens (including phenoxy) is 1. The van der Waals surface area contributed by atoms with Crippen LogP contribution in [0.4, 0.5) is 22.2 Å². The summed E-state index contributed by atoms with van der Waals surface area (Å²) in [7, 11) is 1.56. The molecule has 0 unspecified atom stereocenters. The average Bonchev–Trinajstić information content (AvgIpc) is 3.29. The molecule has 160 valence electrons. The second kappa shape index (κ2) is 8.95. The highest BCUT2D eigenvalue weighted by Crippen LogP contribution is 2.27. The molecule has 2 fully saturated rings. The number of benzene rings is 1. The Bertz CT molecular complexity index is 910. The molecular weight excluding hydrogens is 404 g/mol. The van der Waals surface area contributed by atoms with Gasteiger partial charge in [-0.25, -0.2) is 9.78 Å². The van der Waals surface area contributed by atoms with Gasteiger partial charge in [-0.15, -0.1) is 0 Å². The highest BCUT2D eigenvalue weighted by Gasteiger charge is 2.24. The van der Waals surface area contributed by atoms with Crippen LogP contribution in [0.3, 0.4) is 0 Å². The van der Waals surface area contributed by atoms with Gasteiger partial charge in [-0.1, -0.05) is 11.6 Å². The molecule has 0 radical (unpaired) electrons. The molecule has 2 aliphatic heterocycles. The molecule has 4 rings (SSSR count). The molecule has 1 N–H and O–H groups in total. The van der Waals surface area contributed by atoms with Gasteiger partial charge in [0.1, 0.15) is 11.6 Å². The number of methoxy groups -OCH3 is 1. The third kappa shape index (κ3) is 4.53. The van der Waals surface area contributed by atoms with E-state index < -0.39 is 0 Å². The van der Waals surface area contributed by atoms with Crippen molar-refractivity contribution in [2.75, 3.05) is 61.5 Å². The van der Waals surface area contributed by atoms with Crippen LogP contribution in [0, 0.1) is 6.92 Å². The summed E-state index contributed by atoms with van der Waals surface area (Å²) in [5, 5.41) is 3.38. The Morgan fingerprint density at radius 3 is 2.43 bits per heavy atom. The van der Waals surface area contributed by atoms with E-state index >= 15 is 0 Å². The van der Waals surface area contributed by atoms with Crippen LogP contribution in [0.15, 0.2) is 24.3 Å². The normalized spacial score (nSPS) is 16.7. The Balaban J connectivity index is 1.36. The van der Waals surface area contributed by atoms with E-state index in [0.29, 0.717) is 29.5 Å². The molecule has 0 saturated carbocycles. The Morgan fingerprint density at radius 2 is 1.77 bits per heavy atom. The zero-order chi connectivity index (χ0) is 21.1. The second-order valence-corrected chi connectivity index (χ2v) is 8.02. The number of piperazine rings is 1. The van der Waals surface area contributed by atoms with Crippen LogP contribution in [-0.2, 0) is 0 Å². The SMILES string of the molecule is COc1ccc(NC(=O)N2CCN(c3cc(C)nc(N4CCCC4)n3)CC2)cc1Cl. The number of halogens is 1. The molecule has 3 heterocycles. The third-order valence-electron chi connectivity index (χ3n) is 5.51. The zero-order valence-corrected chi connectivity index (χ0v) is 18.2. The van der Waals surface area contributed by atoms with Crippen LogP contribution < -0.4 is 19.9 Å². The lowest BCUT2D eigenvalue weighted by Gasteiger charge is -2.35. The number of rotatable bonds is 4. The van der Waals surface area contributed by atoms with E-state index in [1.807, 2.05) is 17.9 Å². The smallest absolute Gasteiger partial charge is 0.321 e. The molecular formula is C21H27ClN6O2. The molecule has 0 aliphatic carbocycles. The number of carbonyl (C=O) groups is 1. The van der Waals surface area contributed by atoms with E-state index in [1.165, 1.54) is 12.8 Å². The van der Waals surface area contributed by atoms with Crippen molar-refractivity contribution in [2.45, 2.75) is 19.8 Å². The first-order chi connectivity index (χ1) is 14.5. The average molecular weight is 431 g/mol. The van der Waals surface area contributed by atoms with E-state index in [4.69, 9.17) is 21.3 Å². The fraction of sp³-hybridized carbons (Fsp3) is 0.476. The first-order valence-electron chi connectivity index (χ1n) is 10.3. The first kappa shape index (κ1) is 20.5. The highest BCUT2D eigenvalue weighted by atomic mass is 35.5. The molecule has 2 amide bonds. The number of urea groups is 1. The molecule has 30 heavy (non-hydrogen) atoms. The minimum absolute atomic E-state index is 0.132. The first-order valence-corrected chi connectivity index (χ1v) is 10.7. The Morgan fingerprint density at radius 1 is 1.03 bits per heavy atom. The minimum atomic E-state index is -0.132. The summed E-state index contributed by atoms with van der Waals surface area (Å²) in [4.78, 5) is 28.3. The fourth-order valence-electron chi connectivity index (χ4n) is 3.84. The number of nitrogens with one attached hydrogen (secondary N) is 1. The van der Waals surface area contributed by atoms with Crippen LogP contribution in [0.2, 0.25) is 5.02 Å². The van der Waals surface area contributed by atoms with Crippen molar-refractivity contribution in [3.8, 4) is 5.75 Å². The van der Waals surface area contributed by atoms with Gasteiger partial charge in [-0.05, 0) is 38.0 Å². The summed E-state index contributed by atoms with van der Waals surface area (Å²) in [5.74, 6) is 2.34. The van der Waals surface area contributed by atoms with Crippen molar-refractivity contribution in [2.24, 2.45) is 0 Å². The van der Waals surface area contributed by atoms with Crippen LogP contribution in [0.25, 0.3) is 0 Å². The lowest BCUT2D eigenvalue weighted by atomic mass is 10.3. The molecule has 1 aromatic heterocycles. The fourth-order valence-corrected chi connectivity index (χ4v) is 4.10. The van der Waals surface area contributed by atoms with Crippen LogP contribution in [0.1, 0.15) is 18.5 Å². The number of carbonyl (C=O) groups excluding carboxylic acids is 1. The third-order valence-corrected chi connectivity index (χ3v) is 5.81. The summed E-state index contributed by atoms with van der Waals surface area (Å²) in [6.07, 6.45) is 2.39. The van der Waals surface area contributed by atoms with Crippen molar-refractivity contribution in [3.63, 3.8) is 0 Å². The second-order valence-electron chi connectivity index (χ2n) is 7.62. The highest BCUT2D eigenvalue weighted by molar-refractivity contribution is 6.32. The standard InChI is InChI=1S/C21H27ClN6O2/c1-15-13-19(25-20(23-15)27-7-3-4-8-27)26-9-11-28(12-10-26)21(29)24-16-5-6-18(30-2)17(22)14-16/h5-6,13-14H,3-4,7-12H2,1-2H3,(H,24,29). The number of aromatic nitrogens is 2. The molecule has 2 aliphatic rings. The zero-order valence-electron chi connectivity index (χ0n) is 17.4. The summed E-state index contributed by atoms with van der Waals surface area (Å²) in [6, 6.07) is 7.10. The van der Waals surface area contributed by atoms with E-state index in [-0.39, 0.29) is 6.03 Å². The minimum Gasteiger partial charge on any atom is -0.495 e. The lowest BCUT2D eigenvalue weighted by molar-refractivity contribution is 0.208. The predicted octanol–water partition coefficient (Wildman–Crippen LogP) is 3.40. The number of nitrogens with zero attached hydrogens (tertiary/aromatic N) is 5. The van der Waals surface area contributed by atoms with Gasteiger partial charge in [-0.3, -0.25) is 0 Å². The predicted molar refractivity (Wildman–Crippen MR) is 119 cm³/mol. The van der Waals surface area contributed by atoms with Crippen LogP contribution in [-0.4, -0.2) is 67.3 Å². The summed E-state index contributed by atoms with van der Waals surface area (Å²) in [6.45, 7) is 6.75. The van der Waals surface area contributed by atoms with Crippen molar-refractivity contribution in [3.05, 3.63) is 35.0 Å². The molecule has 0 spiro atoms. The van der Waals surface area contributed by atoms with Gasteiger partial charge >= 0.3 is 6.03 Å². The maximum Gasteiger partial charge on any atom is 0.321 e. The van der Waals surface area contributed by atoms with Gasteiger partial charge in [-0.2, -0.15) is 4.98 Å². The Kier molecular flexibility index (Phi) is 6.13. The molecule has 8 nitrogen and oxygen atoms in total. The Hall–Kier alpha value is -2.74. The maximum absolute atomic E-state index is 12.6.